The first-order valence-electron chi connectivity index (χ1n) is 6.56. The molecule has 0 aromatic carbocycles. The molecule has 4 nitrogen and oxygen atoms in total. The summed E-state index contributed by atoms with van der Waals surface area (Å²) in [4.78, 5) is 16.7. The number of fused-ring (bicyclic) bond motifs is 4. The van der Waals surface area contributed by atoms with E-state index in [1.54, 1.807) is 18.6 Å². The molecule has 4 rings (SSSR count). The Balaban J connectivity index is 1.68. The molecule has 4 heteroatoms. The van der Waals surface area contributed by atoms with Crippen molar-refractivity contribution in [3.63, 3.8) is 0 Å². The van der Waals surface area contributed by atoms with Crippen molar-refractivity contribution in [1.29, 1.82) is 0 Å². The van der Waals surface area contributed by atoms with Gasteiger partial charge in [0.1, 0.15) is 0 Å². The first kappa shape index (κ1) is 11.5. The number of nitrogens with zero attached hydrogens (tertiary/aromatic N) is 2. The van der Waals surface area contributed by atoms with Crippen LogP contribution in [-0.2, 0) is 4.79 Å². The van der Waals surface area contributed by atoms with Crippen LogP contribution < -0.4 is 0 Å². The van der Waals surface area contributed by atoms with Gasteiger partial charge in [0.05, 0.1) is 12.5 Å². The molecular formula is C14H18N2O2. The largest absolute Gasteiger partial charge is 0.472 e. The van der Waals surface area contributed by atoms with Crippen LogP contribution in [0, 0.1) is 0 Å². The summed E-state index contributed by atoms with van der Waals surface area (Å²) < 4.78 is 4.98. The first-order valence-corrected chi connectivity index (χ1v) is 6.56. The van der Waals surface area contributed by atoms with Crippen molar-refractivity contribution in [1.82, 2.24) is 9.80 Å². The Morgan fingerprint density at radius 1 is 1.28 bits per heavy atom. The van der Waals surface area contributed by atoms with Crippen LogP contribution in [-0.4, -0.2) is 47.9 Å². The van der Waals surface area contributed by atoms with E-state index in [0.29, 0.717) is 6.04 Å². The number of hydrogen-bond donors (Lipinski definition) is 0. The van der Waals surface area contributed by atoms with E-state index in [-0.39, 0.29) is 5.91 Å². The van der Waals surface area contributed by atoms with Gasteiger partial charge in [0, 0.05) is 43.9 Å². The summed E-state index contributed by atoms with van der Waals surface area (Å²) in [7, 11) is 0. The molecule has 0 aliphatic carbocycles. The summed E-state index contributed by atoms with van der Waals surface area (Å²) in [6, 6.07) is 2.29. The minimum atomic E-state index is 0.130. The molecule has 0 unspecified atom stereocenters. The van der Waals surface area contributed by atoms with E-state index >= 15 is 0 Å². The lowest BCUT2D eigenvalue weighted by atomic mass is 10.1. The van der Waals surface area contributed by atoms with Crippen molar-refractivity contribution in [2.75, 3.05) is 26.2 Å². The zero-order valence-corrected chi connectivity index (χ0v) is 10.4. The highest BCUT2D eigenvalue weighted by molar-refractivity contribution is 5.92. The van der Waals surface area contributed by atoms with Crippen LogP contribution in [0.2, 0.25) is 0 Å². The highest BCUT2D eigenvalue weighted by atomic mass is 16.3. The SMILES string of the molecule is O=C(C=Cc1ccoc1)N1CCN2CCC1CC2. The molecule has 4 heterocycles. The lowest BCUT2D eigenvalue weighted by molar-refractivity contribution is -0.127. The molecule has 0 atom stereocenters. The fraction of sp³-hybridized carbons (Fsp3) is 0.500. The highest BCUT2D eigenvalue weighted by Crippen LogP contribution is 2.21. The Kier molecular flexibility index (Phi) is 3.19. The van der Waals surface area contributed by atoms with E-state index < -0.39 is 0 Å². The zero-order chi connectivity index (χ0) is 12.4. The summed E-state index contributed by atoms with van der Waals surface area (Å²) in [5, 5.41) is 0. The van der Waals surface area contributed by atoms with Crippen LogP contribution in [0.3, 0.4) is 0 Å². The lowest BCUT2D eigenvalue weighted by Crippen LogP contribution is -2.40. The molecule has 0 saturated carbocycles. The number of piperidine rings is 1. The molecule has 1 aromatic heterocycles. The predicted octanol–water partition coefficient (Wildman–Crippen LogP) is 1.60. The van der Waals surface area contributed by atoms with E-state index in [9.17, 15) is 4.79 Å². The van der Waals surface area contributed by atoms with Gasteiger partial charge >= 0.3 is 0 Å². The van der Waals surface area contributed by atoms with Crippen molar-refractivity contribution in [2.45, 2.75) is 18.9 Å². The second-order valence-electron chi connectivity index (χ2n) is 4.99. The van der Waals surface area contributed by atoms with Gasteiger partial charge < -0.3 is 14.2 Å². The maximum atomic E-state index is 12.2. The quantitative estimate of drug-likeness (QED) is 0.744. The third kappa shape index (κ3) is 2.34. The second-order valence-corrected chi connectivity index (χ2v) is 4.99. The van der Waals surface area contributed by atoms with E-state index in [4.69, 9.17) is 4.42 Å². The summed E-state index contributed by atoms with van der Waals surface area (Å²) >= 11 is 0. The zero-order valence-electron chi connectivity index (χ0n) is 10.4. The van der Waals surface area contributed by atoms with Crippen molar-refractivity contribution in [3.05, 3.63) is 30.2 Å². The molecular weight excluding hydrogens is 228 g/mol. The standard InChI is InChI=1S/C14H18N2O2/c17-14(2-1-12-5-10-18-11-12)16-9-8-15-6-3-13(16)4-7-15/h1-2,5,10-11,13H,3-4,6-9H2. The molecule has 2 bridgehead atoms. The molecule has 0 N–H and O–H groups in total. The number of furan rings is 1. The summed E-state index contributed by atoms with van der Waals surface area (Å²) in [5.41, 5.74) is 0.936. The molecule has 18 heavy (non-hydrogen) atoms. The molecule has 0 radical (unpaired) electrons. The van der Waals surface area contributed by atoms with Gasteiger partial charge in [-0.05, 0) is 25.0 Å². The normalized spacial score (nSPS) is 27.7. The van der Waals surface area contributed by atoms with Crippen molar-refractivity contribution >= 4 is 12.0 Å². The van der Waals surface area contributed by atoms with E-state index in [0.717, 1.165) is 44.6 Å². The van der Waals surface area contributed by atoms with Gasteiger partial charge in [0.2, 0.25) is 5.91 Å². The van der Waals surface area contributed by atoms with E-state index in [2.05, 4.69) is 4.90 Å². The summed E-state index contributed by atoms with van der Waals surface area (Å²) in [6.45, 7) is 4.15. The van der Waals surface area contributed by atoms with Crippen LogP contribution >= 0.6 is 0 Å². The number of hydrogen-bond acceptors (Lipinski definition) is 3. The van der Waals surface area contributed by atoms with E-state index in [1.807, 2.05) is 17.0 Å². The topological polar surface area (TPSA) is 36.7 Å². The maximum Gasteiger partial charge on any atom is 0.246 e. The molecule has 3 saturated heterocycles. The smallest absolute Gasteiger partial charge is 0.246 e. The minimum absolute atomic E-state index is 0.130. The average Bonchev–Trinajstić information content (AvgIpc) is 2.75. The molecule has 0 spiro atoms. The van der Waals surface area contributed by atoms with Crippen LogP contribution in [0.5, 0.6) is 0 Å². The molecule has 3 aliphatic heterocycles. The molecule has 3 fully saturated rings. The fourth-order valence-corrected chi connectivity index (χ4v) is 2.81. The van der Waals surface area contributed by atoms with Gasteiger partial charge in [0.25, 0.3) is 0 Å². The Bertz CT molecular complexity index is 431. The Hall–Kier alpha value is -1.55. The number of amides is 1. The van der Waals surface area contributed by atoms with Crippen molar-refractivity contribution < 1.29 is 9.21 Å². The van der Waals surface area contributed by atoms with Gasteiger partial charge in [-0.2, -0.15) is 0 Å². The van der Waals surface area contributed by atoms with Gasteiger partial charge in [0.15, 0.2) is 0 Å². The lowest BCUT2D eigenvalue weighted by Gasteiger charge is -2.30. The van der Waals surface area contributed by atoms with Crippen LogP contribution in [0.25, 0.3) is 6.08 Å². The summed E-state index contributed by atoms with van der Waals surface area (Å²) in [6.07, 6.45) is 8.98. The molecule has 1 aromatic rings. The van der Waals surface area contributed by atoms with E-state index in [1.165, 1.54) is 0 Å². The van der Waals surface area contributed by atoms with Gasteiger partial charge in [-0.25, -0.2) is 0 Å². The first-order chi connectivity index (χ1) is 8.83. The van der Waals surface area contributed by atoms with Crippen LogP contribution in [0.4, 0.5) is 0 Å². The maximum absolute atomic E-state index is 12.2. The highest BCUT2D eigenvalue weighted by Gasteiger charge is 2.30. The van der Waals surface area contributed by atoms with Crippen molar-refractivity contribution in [3.8, 4) is 0 Å². The molecule has 96 valence electrons. The van der Waals surface area contributed by atoms with Gasteiger partial charge in [-0.3, -0.25) is 4.79 Å². The van der Waals surface area contributed by atoms with Gasteiger partial charge in [-0.15, -0.1) is 0 Å². The Labute approximate surface area is 107 Å². The minimum Gasteiger partial charge on any atom is -0.472 e. The number of carbonyl (C=O) groups is 1. The number of rotatable bonds is 2. The Morgan fingerprint density at radius 3 is 2.83 bits per heavy atom. The monoisotopic (exact) mass is 246 g/mol. The predicted molar refractivity (Wildman–Crippen MR) is 68.9 cm³/mol. The average molecular weight is 246 g/mol. The second kappa shape index (κ2) is 4.98. The van der Waals surface area contributed by atoms with Crippen molar-refractivity contribution in [2.24, 2.45) is 0 Å². The van der Waals surface area contributed by atoms with Crippen LogP contribution in [0.1, 0.15) is 18.4 Å². The Morgan fingerprint density at radius 2 is 2.11 bits per heavy atom. The molecule has 3 aliphatic rings. The third-order valence-electron chi connectivity index (χ3n) is 3.90. The van der Waals surface area contributed by atoms with Crippen LogP contribution in [0.15, 0.2) is 29.1 Å². The number of carbonyl (C=O) groups excluding carboxylic acids is 1. The van der Waals surface area contributed by atoms with Gasteiger partial charge in [-0.1, -0.05) is 0 Å². The molecule has 1 amide bonds. The fourth-order valence-electron chi connectivity index (χ4n) is 2.81. The third-order valence-corrected chi connectivity index (χ3v) is 3.90. The summed E-state index contributed by atoms with van der Waals surface area (Å²) in [5.74, 6) is 0.130.